The molecule has 2 aromatic carbocycles. The van der Waals surface area contributed by atoms with Gasteiger partial charge in [0.25, 0.3) is 0 Å². The topological polar surface area (TPSA) is 50.3 Å². The van der Waals surface area contributed by atoms with Crippen molar-refractivity contribution in [3.63, 3.8) is 0 Å². The van der Waals surface area contributed by atoms with E-state index in [-0.39, 0.29) is 0 Å². The van der Waals surface area contributed by atoms with Gasteiger partial charge in [-0.25, -0.2) is 9.97 Å². The second kappa shape index (κ2) is 7.04. The highest BCUT2D eigenvalue weighted by molar-refractivity contribution is 5.66. The molecule has 5 nitrogen and oxygen atoms in total. The number of anilines is 3. The molecule has 132 valence electrons. The van der Waals surface area contributed by atoms with Crippen LogP contribution in [0, 0.1) is 6.92 Å². The van der Waals surface area contributed by atoms with Gasteiger partial charge in [0.15, 0.2) is 0 Å². The van der Waals surface area contributed by atoms with Gasteiger partial charge < -0.3 is 15.0 Å². The molecule has 0 fully saturated rings. The number of nitrogens with one attached hydrogen (secondary N) is 1. The van der Waals surface area contributed by atoms with Crippen molar-refractivity contribution in [1.82, 2.24) is 9.97 Å². The molecule has 2 heterocycles. The average molecular weight is 346 g/mol. The fourth-order valence-corrected chi connectivity index (χ4v) is 3.36. The number of aromatic nitrogens is 2. The van der Waals surface area contributed by atoms with Crippen molar-refractivity contribution in [3.8, 4) is 5.75 Å². The van der Waals surface area contributed by atoms with E-state index in [2.05, 4.69) is 44.5 Å². The summed E-state index contributed by atoms with van der Waals surface area (Å²) in [5.41, 5.74) is 3.69. The van der Waals surface area contributed by atoms with E-state index < -0.39 is 0 Å². The molecule has 0 radical (unpaired) electrons. The van der Waals surface area contributed by atoms with E-state index in [1.165, 1.54) is 11.1 Å². The first-order chi connectivity index (χ1) is 12.7. The van der Waals surface area contributed by atoms with Gasteiger partial charge in [0, 0.05) is 19.2 Å². The Morgan fingerprint density at radius 1 is 1.00 bits per heavy atom. The summed E-state index contributed by atoms with van der Waals surface area (Å²) >= 11 is 0. The lowest BCUT2D eigenvalue weighted by molar-refractivity contribution is 0.417. The fraction of sp³-hybridized carbons (Fsp3) is 0.238. The van der Waals surface area contributed by atoms with Gasteiger partial charge >= 0.3 is 0 Å². The predicted octanol–water partition coefficient (Wildman–Crippen LogP) is 4.10. The van der Waals surface area contributed by atoms with Crippen LogP contribution in [0.25, 0.3) is 0 Å². The lowest BCUT2D eigenvalue weighted by Crippen LogP contribution is -2.31. The van der Waals surface area contributed by atoms with Gasteiger partial charge in [-0.2, -0.15) is 0 Å². The van der Waals surface area contributed by atoms with Crippen LogP contribution in [-0.4, -0.2) is 23.6 Å². The van der Waals surface area contributed by atoms with E-state index in [1.54, 1.807) is 7.11 Å². The Morgan fingerprint density at radius 2 is 1.77 bits per heavy atom. The Balaban J connectivity index is 1.61. The Hall–Kier alpha value is -3.08. The molecule has 1 aliphatic heterocycles. The molecule has 5 heteroatoms. The predicted molar refractivity (Wildman–Crippen MR) is 104 cm³/mol. The molecular formula is C21H22N4O. The summed E-state index contributed by atoms with van der Waals surface area (Å²) < 4.78 is 5.42. The number of fused-ring (bicyclic) bond motifs is 1. The minimum Gasteiger partial charge on any atom is -0.495 e. The smallest absolute Gasteiger partial charge is 0.142 e. The van der Waals surface area contributed by atoms with Crippen LogP contribution in [0.2, 0.25) is 0 Å². The van der Waals surface area contributed by atoms with Crippen molar-refractivity contribution < 1.29 is 4.74 Å². The maximum atomic E-state index is 5.42. The zero-order valence-corrected chi connectivity index (χ0v) is 15.1. The second-order valence-electron chi connectivity index (χ2n) is 6.42. The van der Waals surface area contributed by atoms with Crippen molar-refractivity contribution in [2.75, 3.05) is 23.9 Å². The molecule has 0 unspecified atom stereocenters. The first-order valence-corrected chi connectivity index (χ1v) is 8.80. The van der Waals surface area contributed by atoms with Crippen molar-refractivity contribution in [2.45, 2.75) is 19.9 Å². The number of hydrogen-bond donors (Lipinski definition) is 1. The monoisotopic (exact) mass is 346 g/mol. The van der Waals surface area contributed by atoms with Crippen LogP contribution in [0.4, 0.5) is 17.3 Å². The Morgan fingerprint density at radius 3 is 2.62 bits per heavy atom. The molecule has 0 atom stereocenters. The first kappa shape index (κ1) is 16.4. The van der Waals surface area contributed by atoms with E-state index in [0.29, 0.717) is 0 Å². The van der Waals surface area contributed by atoms with Crippen molar-refractivity contribution >= 4 is 17.3 Å². The summed E-state index contributed by atoms with van der Waals surface area (Å²) in [6, 6.07) is 18.5. The zero-order valence-electron chi connectivity index (χ0n) is 15.1. The van der Waals surface area contributed by atoms with E-state index in [9.17, 15) is 0 Å². The van der Waals surface area contributed by atoms with Crippen molar-refractivity contribution in [3.05, 3.63) is 71.5 Å². The maximum Gasteiger partial charge on any atom is 0.142 e. The van der Waals surface area contributed by atoms with Gasteiger partial charge in [-0.05, 0) is 36.6 Å². The van der Waals surface area contributed by atoms with E-state index in [4.69, 9.17) is 4.74 Å². The molecule has 0 spiro atoms. The first-order valence-electron chi connectivity index (χ1n) is 8.80. The van der Waals surface area contributed by atoms with Gasteiger partial charge in [0.1, 0.15) is 23.2 Å². The maximum absolute atomic E-state index is 5.42. The van der Waals surface area contributed by atoms with Crippen LogP contribution < -0.4 is 15.0 Å². The molecule has 0 saturated carbocycles. The third kappa shape index (κ3) is 3.33. The summed E-state index contributed by atoms with van der Waals surface area (Å²) in [5, 5.41) is 3.36. The van der Waals surface area contributed by atoms with Gasteiger partial charge in [0.2, 0.25) is 0 Å². The highest BCUT2D eigenvalue weighted by atomic mass is 16.5. The highest BCUT2D eigenvalue weighted by Gasteiger charge is 2.18. The molecule has 1 N–H and O–H groups in total. The van der Waals surface area contributed by atoms with Gasteiger partial charge in [-0.15, -0.1) is 0 Å². The Labute approximate surface area is 153 Å². The number of nitrogens with zero attached hydrogens (tertiary/aromatic N) is 3. The lowest BCUT2D eigenvalue weighted by atomic mass is 10.00. The third-order valence-corrected chi connectivity index (χ3v) is 4.65. The largest absolute Gasteiger partial charge is 0.495 e. The summed E-state index contributed by atoms with van der Waals surface area (Å²) in [4.78, 5) is 11.5. The molecule has 1 aliphatic rings. The number of hydrogen-bond acceptors (Lipinski definition) is 5. The number of aryl methyl sites for hydroxylation is 1. The average Bonchev–Trinajstić information content (AvgIpc) is 2.67. The van der Waals surface area contributed by atoms with E-state index in [0.717, 1.165) is 48.4 Å². The summed E-state index contributed by atoms with van der Waals surface area (Å²) in [6.45, 7) is 3.76. The molecule has 4 rings (SSSR count). The molecule has 26 heavy (non-hydrogen) atoms. The highest BCUT2D eigenvalue weighted by Crippen LogP contribution is 2.29. The van der Waals surface area contributed by atoms with Crippen LogP contribution in [-0.2, 0) is 13.0 Å². The number of rotatable bonds is 4. The molecule has 1 aromatic heterocycles. The van der Waals surface area contributed by atoms with Gasteiger partial charge in [-0.1, -0.05) is 36.4 Å². The summed E-state index contributed by atoms with van der Waals surface area (Å²) in [6.07, 6.45) is 1.04. The Kier molecular flexibility index (Phi) is 4.44. The van der Waals surface area contributed by atoms with Crippen molar-refractivity contribution in [1.29, 1.82) is 0 Å². The van der Waals surface area contributed by atoms with Gasteiger partial charge in [-0.3, -0.25) is 0 Å². The lowest BCUT2D eigenvalue weighted by Gasteiger charge is -2.30. The van der Waals surface area contributed by atoms with Crippen LogP contribution in [0.3, 0.4) is 0 Å². The fourth-order valence-electron chi connectivity index (χ4n) is 3.36. The number of benzene rings is 2. The van der Waals surface area contributed by atoms with Crippen LogP contribution in [0.5, 0.6) is 5.75 Å². The standard InChI is InChI=1S/C21H22N4O/c1-15-22-20(24-18-9-5-6-10-19(18)26-2)13-21(23-15)25-12-11-16-7-3-4-8-17(16)14-25/h3-10,13H,11-12,14H2,1-2H3,(H,22,23,24). The number of ether oxygens (including phenoxy) is 1. The minimum absolute atomic E-state index is 0.749. The Bertz CT molecular complexity index is 925. The van der Waals surface area contributed by atoms with Crippen LogP contribution in [0.1, 0.15) is 17.0 Å². The molecule has 0 aliphatic carbocycles. The molecular weight excluding hydrogens is 324 g/mol. The molecule has 0 saturated heterocycles. The molecule has 3 aromatic rings. The quantitative estimate of drug-likeness (QED) is 0.771. The van der Waals surface area contributed by atoms with Crippen LogP contribution >= 0.6 is 0 Å². The minimum atomic E-state index is 0.749. The zero-order chi connectivity index (χ0) is 17.9. The molecule has 0 bridgehead atoms. The summed E-state index contributed by atoms with van der Waals surface area (Å²) in [5.74, 6) is 3.26. The van der Waals surface area contributed by atoms with Crippen molar-refractivity contribution in [2.24, 2.45) is 0 Å². The summed E-state index contributed by atoms with van der Waals surface area (Å²) in [7, 11) is 1.67. The second-order valence-corrected chi connectivity index (χ2v) is 6.42. The normalized spacial score (nSPS) is 13.2. The molecule has 0 amide bonds. The van der Waals surface area contributed by atoms with E-state index in [1.807, 2.05) is 37.3 Å². The van der Waals surface area contributed by atoms with Gasteiger partial charge in [0.05, 0.1) is 12.8 Å². The third-order valence-electron chi connectivity index (χ3n) is 4.65. The number of para-hydroxylation sites is 2. The van der Waals surface area contributed by atoms with E-state index >= 15 is 0 Å². The SMILES string of the molecule is COc1ccccc1Nc1cc(N2CCc3ccccc3C2)nc(C)n1. The number of methoxy groups -OCH3 is 1. The van der Waals surface area contributed by atoms with Crippen LogP contribution in [0.15, 0.2) is 54.6 Å².